The number of esters is 1. The lowest BCUT2D eigenvalue weighted by molar-refractivity contribution is -0.0244. The van der Waals surface area contributed by atoms with Gasteiger partial charge in [0.25, 0.3) is 0 Å². The van der Waals surface area contributed by atoms with Crippen molar-refractivity contribution in [2.24, 2.45) is 0 Å². The minimum Gasteiger partial charge on any atom is -0.461 e. The molecule has 21 heavy (non-hydrogen) atoms. The fourth-order valence-electron chi connectivity index (χ4n) is 2.13. The first kappa shape index (κ1) is 15.6. The van der Waals surface area contributed by atoms with Gasteiger partial charge in [-0.1, -0.05) is 0 Å². The molecule has 0 saturated heterocycles. The Morgan fingerprint density at radius 2 is 2.19 bits per heavy atom. The van der Waals surface area contributed by atoms with Crippen molar-refractivity contribution in [3.63, 3.8) is 0 Å². The van der Waals surface area contributed by atoms with Crippen LogP contribution in [0.15, 0.2) is 11.0 Å². The smallest absolute Gasteiger partial charge is 0.357 e. The van der Waals surface area contributed by atoms with E-state index >= 15 is 0 Å². The number of ether oxygens (including phenoxy) is 1. The van der Waals surface area contributed by atoms with Gasteiger partial charge in [-0.2, -0.15) is 5.26 Å². The van der Waals surface area contributed by atoms with E-state index in [1.165, 1.54) is 5.38 Å². The number of rotatable bonds is 3. The third-order valence-electron chi connectivity index (χ3n) is 3.25. The Bertz CT molecular complexity index is 605. The Labute approximate surface area is 125 Å². The number of hydrogen-bond donors (Lipinski definition) is 0. The molecule has 0 amide bonds. The molecule has 1 aromatic heterocycles. The summed E-state index contributed by atoms with van der Waals surface area (Å²) in [5, 5.41) is 11.2. The molecule has 4 nitrogen and oxygen atoms in total. The van der Waals surface area contributed by atoms with Crippen LogP contribution in [-0.4, -0.2) is 23.5 Å². The van der Waals surface area contributed by atoms with Gasteiger partial charge in [0.2, 0.25) is 5.92 Å². The van der Waals surface area contributed by atoms with Gasteiger partial charge in [-0.3, -0.25) is 0 Å². The molecular formula is C14H14F2N2O2S. The summed E-state index contributed by atoms with van der Waals surface area (Å²) in [6, 6.07) is 2.03. The molecule has 0 unspecified atom stereocenters. The molecule has 0 aromatic carbocycles. The van der Waals surface area contributed by atoms with E-state index in [0.717, 1.165) is 11.3 Å². The average molecular weight is 312 g/mol. The van der Waals surface area contributed by atoms with E-state index in [1.54, 1.807) is 6.92 Å². The third kappa shape index (κ3) is 3.64. The lowest BCUT2D eigenvalue weighted by Gasteiger charge is -2.23. The van der Waals surface area contributed by atoms with Crippen LogP contribution in [-0.2, 0) is 4.74 Å². The van der Waals surface area contributed by atoms with Gasteiger partial charge in [-0.05, 0) is 25.3 Å². The van der Waals surface area contributed by atoms with Crippen LogP contribution in [0.4, 0.5) is 8.78 Å². The quantitative estimate of drug-likeness (QED) is 0.629. The SMILES string of the molecule is CCOC(=O)c1csc(C(C#N)=C2CCC(F)(F)CC2)n1. The maximum Gasteiger partial charge on any atom is 0.357 e. The molecule has 1 fully saturated rings. The van der Waals surface area contributed by atoms with Crippen LogP contribution in [0.25, 0.3) is 5.57 Å². The zero-order chi connectivity index (χ0) is 15.5. The lowest BCUT2D eigenvalue weighted by Crippen LogP contribution is -2.21. The number of hydrogen-bond acceptors (Lipinski definition) is 5. The van der Waals surface area contributed by atoms with Crippen molar-refractivity contribution in [2.75, 3.05) is 6.61 Å². The normalized spacial score (nSPS) is 17.1. The summed E-state index contributed by atoms with van der Waals surface area (Å²) >= 11 is 1.15. The van der Waals surface area contributed by atoms with Crippen LogP contribution >= 0.6 is 11.3 Å². The highest BCUT2D eigenvalue weighted by molar-refractivity contribution is 7.11. The molecule has 1 saturated carbocycles. The molecule has 1 aliphatic rings. The van der Waals surface area contributed by atoms with Gasteiger partial charge in [-0.25, -0.2) is 18.6 Å². The molecule has 1 heterocycles. The van der Waals surface area contributed by atoms with Crippen LogP contribution in [0, 0.1) is 11.3 Å². The van der Waals surface area contributed by atoms with Crippen LogP contribution in [0.2, 0.25) is 0 Å². The molecular weight excluding hydrogens is 298 g/mol. The predicted molar refractivity (Wildman–Crippen MR) is 74.0 cm³/mol. The number of nitriles is 1. The van der Waals surface area contributed by atoms with Gasteiger partial charge in [0.1, 0.15) is 11.1 Å². The standard InChI is InChI=1S/C14H14F2N2O2S/c1-2-20-13(19)11-8-21-12(18-11)10(7-17)9-3-5-14(15,16)6-4-9/h8H,2-6H2,1H3. The van der Waals surface area contributed by atoms with Crippen LogP contribution in [0.3, 0.4) is 0 Å². The van der Waals surface area contributed by atoms with Crippen molar-refractivity contribution in [3.05, 3.63) is 21.7 Å². The van der Waals surface area contributed by atoms with Crippen LogP contribution in [0.1, 0.15) is 48.1 Å². The van der Waals surface area contributed by atoms with Crippen molar-refractivity contribution in [2.45, 2.75) is 38.5 Å². The van der Waals surface area contributed by atoms with Crippen molar-refractivity contribution >= 4 is 22.9 Å². The maximum absolute atomic E-state index is 13.2. The van der Waals surface area contributed by atoms with Crippen LogP contribution < -0.4 is 0 Å². The van der Waals surface area contributed by atoms with E-state index in [1.807, 2.05) is 6.07 Å². The summed E-state index contributed by atoms with van der Waals surface area (Å²) in [6.45, 7) is 1.93. The minimum absolute atomic E-state index is 0.145. The van der Waals surface area contributed by atoms with E-state index in [2.05, 4.69) is 4.98 Å². The Morgan fingerprint density at radius 1 is 1.52 bits per heavy atom. The number of aromatic nitrogens is 1. The summed E-state index contributed by atoms with van der Waals surface area (Å²) in [5.74, 6) is -3.19. The monoisotopic (exact) mass is 312 g/mol. The molecule has 0 N–H and O–H groups in total. The van der Waals surface area contributed by atoms with E-state index in [-0.39, 0.29) is 38.0 Å². The second-order valence-electron chi connectivity index (χ2n) is 4.70. The Balaban J connectivity index is 2.23. The molecule has 0 radical (unpaired) electrons. The molecule has 0 aliphatic heterocycles. The minimum atomic E-state index is -2.65. The maximum atomic E-state index is 13.2. The summed E-state index contributed by atoms with van der Waals surface area (Å²) in [4.78, 5) is 15.6. The van der Waals surface area contributed by atoms with Gasteiger partial charge >= 0.3 is 5.97 Å². The largest absolute Gasteiger partial charge is 0.461 e. The number of nitrogens with zero attached hydrogens (tertiary/aromatic N) is 2. The number of thiazole rings is 1. The van der Waals surface area contributed by atoms with Crippen molar-refractivity contribution in [1.82, 2.24) is 4.98 Å². The van der Waals surface area contributed by atoms with Crippen LogP contribution in [0.5, 0.6) is 0 Å². The zero-order valence-corrected chi connectivity index (χ0v) is 12.3. The Morgan fingerprint density at radius 3 is 2.76 bits per heavy atom. The first-order valence-corrected chi connectivity index (χ1v) is 7.48. The highest BCUT2D eigenvalue weighted by atomic mass is 32.1. The molecule has 1 aliphatic carbocycles. The van der Waals surface area contributed by atoms with Crippen molar-refractivity contribution in [1.29, 1.82) is 5.26 Å². The van der Waals surface area contributed by atoms with E-state index in [0.29, 0.717) is 16.2 Å². The van der Waals surface area contributed by atoms with Gasteiger partial charge in [0.05, 0.1) is 12.2 Å². The molecule has 0 spiro atoms. The first-order chi connectivity index (χ1) is 9.96. The highest BCUT2D eigenvalue weighted by Crippen LogP contribution is 2.39. The lowest BCUT2D eigenvalue weighted by atomic mass is 9.89. The van der Waals surface area contributed by atoms with Gasteiger partial charge in [0, 0.05) is 18.2 Å². The predicted octanol–water partition coefficient (Wildman–Crippen LogP) is 3.81. The summed E-state index contributed by atoms with van der Waals surface area (Å²) in [5.41, 5.74) is 1.14. The first-order valence-electron chi connectivity index (χ1n) is 6.60. The summed E-state index contributed by atoms with van der Waals surface area (Å²) < 4.78 is 31.2. The molecule has 0 atom stereocenters. The number of allylic oxidation sites excluding steroid dienone is 2. The molecule has 7 heteroatoms. The molecule has 0 bridgehead atoms. The zero-order valence-electron chi connectivity index (χ0n) is 11.5. The average Bonchev–Trinajstić information content (AvgIpc) is 2.91. The summed E-state index contributed by atoms with van der Waals surface area (Å²) in [6.07, 6.45) is -0.123. The highest BCUT2D eigenvalue weighted by Gasteiger charge is 2.34. The second kappa shape index (κ2) is 6.31. The van der Waals surface area contributed by atoms with E-state index in [4.69, 9.17) is 4.74 Å². The number of carbonyl (C=O) groups excluding carboxylic acids is 1. The second-order valence-corrected chi connectivity index (χ2v) is 5.56. The molecule has 1 aromatic rings. The fourth-order valence-corrected chi connectivity index (χ4v) is 2.96. The Kier molecular flexibility index (Phi) is 4.68. The van der Waals surface area contributed by atoms with E-state index in [9.17, 15) is 18.8 Å². The van der Waals surface area contributed by atoms with Gasteiger partial charge in [0.15, 0.2) is 5.69 Å². The number of halogens is 2. The fraction of sp³-hybridized carbons (Fsp3) is 0.500. The number of alkyl halides is 2. The summed E-state index contributed by atoms with van der Waals surface area (Å²) in [7, 11) is 0. The Hall–Kier alpha value is -1.81. The van der Waals surface area contributed by atoms with Gasteiger partial charge < -0.3 is 4.74 Å². The molecule has 2 rings (SSSR count). The van der Waals surface area contributed by atoms with Crippen molar-refractivity contribution < 1.29 is 18.3 Å². The topological polar surface area (TPSA) is 63.0 Å². The van der Waals surface area contributed by atoms with Crippen molar-refractivity contribution in [3.8, 4) is 6.07 Å². The number of carbonyl (C=O) groups is 1. The van der Waals surface area contributed by atoms with Gasteiger partial charge in [-0.15, -0.1) is 11.3 Å². The molecule has 112 valence electrons. The third-order valence-corrected chi connectivity index (χ3v) is 4.11. The van der Waals surface area contributed by atoms with E-state index < -0.39 is 11.9 Å².